The van der Waals surface area contributed by atoms with Crippen LogP contribution < -0.4 is 10.1 Å². The number of rotatable bonds is 5. The number of aliphatic carboxylic acids is 1. The molecule has 0 aliphatic carbocycles. The van der Waals surface area contributed by atoms with Crippen molar-refractivity contribution in [3.63, 3.8) is 0 Å². The topological polar surface area (TPSA) is 58.6 Å². The molecule has 0 aromatic heterocycles. The van der Waals surface area contributed by atoms with Gasteiger partial charge in [0.2, 0.25) is 0 Å². The lowest BCUT2D eigenvalue weighted by Gasteiger charge is -2.30. The second-order valence-electron chi connectivity index (χ2n) is 5.07. The second-order valence-corrected chi connectivity index (χ2v) is 5.07. The van der Waals surface area contributed by atoms with Gasteiger partial charge in [-0.3, -0.25) is 0 Å². The zero-order valence-corrected chi connectivity index (χ0v) is 12.4. The SMILES string of the molecule is COc1ccccc1NC(C)(C(=O)O)c1ccccc1C. The highest BCUT2D eigenvalue weighted by molar-refractivity contribution is 5.85. The molecule has 0 aliphatic rings. The monoisotopic (exact) mass is 285 g/mol. The van der Waals surface area contributed by atoms with Crippen LogP contribution in [0.1, 0.15) is 18.1 Å². The molecule has 0 fully saturated rings. The summed E-state index contributed by atoms with van der Waals surface area (Å²) in [5.41, 5.74) is 1.06. The minimum absolute atomic E-state index is 0.610. The van der Waals surface area contributed by atoms with Gasteiger partial charge in [0.05, 0.1) is 12.8 Å². The Hall–Kier alpha value is -2.49. The van der Waals surface area contributed by atoms with Crippen LogP contribution in [-0.2, 0) is 10.3 Å². The summed E-state index contributed by atoms with van der Waals surface area (Å²) in [4.78, 5) is 11.9. The molecular weight excluding hydrogens is 266 g/mol. The maximum atomic E-state index is 11.9. The fourth-order valence-corrected chi connectivity index (χ4v) is 2.39. The lowest BCUT2D eigenvalue weighted by atomic mass is 9.88. The van der Waals surface area contributed by atoms with Crippen LogP contribution in [0.3, 0.4) is 0 Å². The van der Waals surface area contributed by atoms with Crippen molar-refractivity contribution in [3.05, 3.63) is 59.7 Å². The summed E-state index contributed by atoms with van der Waals surface area (Å²) in [5.74, 6) is -0.332. The van der Waals surface area contributed by atoms with E-state index in [1.54, 1.807) is 26.2 Å². The Bertz CT molecular complexity index is 654. The van der Waals surface area contributed by atoms with Gasteiger partial charge in [0.1, 0.15) is 5.75 Å². The summed E-state index contributed by atoms with van der Waals surface area (Å²) in [6.45, 7) is 3.56. The molecule has 0 bridgehead atoms. The molecule has 2 N–H and O–H groups in total. The highest BCUT2D eigenvalue weighted by Gasteiger charge is 2.36. The molecule has 21 heavy (non-hydrogen) atoms. The van der Waals surface area contributed by atoms with E-state index in [1.165, 1.54) is 0 Å². The smallest absolute Gasteiger partial charge is 0.333 e. The molecule has 0 heterocycles. The molecule has 1 atom stereocenters. The number of ether oxygens (including phenoxy) is 1. The van der Waals surface area contributed by atoms with Gasteiger partial charge in [0.15, 0.2) is 5.54 Å². The third-order valence-corrected chi connectivity index (χ3v) is 3.60. The first kappa shape index (κ1) is 14.9. The zero-order valence-electron chi connectivity index (χ0n) is 12.4. The Labute approximate surface area is 124 Å². The van der Waals surface area contributed by atoms with E-state index in [1.807, 2.05) is 43.3 Å². The second kappa shape index (κ2) is 5.87. The van der Waals surface area contributed by atoms with Gasteiger partial charge in [-0.05, 0) is 37.1 Å². The van der Waals surface area contributed by atoms with Gasteiger partial charge in [0, 0.05) is 0 Å². The first-order valence-electron chi connectivity index (χ1n) is 6.69. The van der Waals surface area contributed by atoms with E-state index in [9.17, 15) is 9.90 Å². The fourth-order valence-electron chi connectivity index (χ4n) is 2.39. The normalized spacial score (nSPS) is 13.3. The number of para-hydroxylation sites is 2. The minimum atomic E-state index is -1.24. The lowest BCUT2D eigenvalue weighted by molar-refractivity contribution is -0.142. The van der Waals surface area contributed by atoms with Crippen molar-refractivity contribution < 1.29 is 14.6 Å². The number of hydrogen-bond acceptors (Lipinski definition) is 3. The molecule has 2 rings (SSSR count). The molecule has 1 unspecified atom stereocenters. The first-order valence-corrected chi connectivity index (χ1v) is 6.69. The molecular formula is C17H19NO3. The lowest BCUT2D eigenvalue weighted by Crippen LogP contribution is -2.41. The number of hydrogen-bond donors (Lipinski definition) is 2. The van der Waals surface area contributed by atoms with Crippen molar-refractivity contribution >= 4 is 11.7 Å². The van der Waals surface area contributed by atoms with E-state index in [2.05, 4.69) is 5.32 Å². The average Bonchev–Trinajstić information content (AvgIpc) is 2.48. The average molecular weight is 285 g/mol. The van der Waals surface area contributed by atoms with Crippen LogP contribution in [0.25, 0.3) is 0 Å². The molecule has 4 nitrogen and oxygen atoms in total. The summed E-state index contributed by atoms with van der Waals surface area (Å²) < 4.78 is 5.28. The number of carboxylic acid groups (broad SMARTS) is 1. The highest BCUT2D eigenvalue weighted by atomic mass is 16.5. The van der Waals surface area contributed by atoms with Crippen molar-refractivity contribution in [2.75, 3.05) is 12.4 Å². The van der Waals surface area contributed by atoms with Gasteiger partial charge < -0.3 is 15.2 Å². The Morgan fingerprint density at radius 3 is 2.38 bits per heavy atom. The van der Waals surface area contributed by atoms with Crippen molar-refractivity contribution in [2.24, 2.45) is 0 Å². The quantitative estimate of drug-likeness (QED) is 0.883. The Balaban J connectivity index is 2.49. The molecule has 2 aromatic carbocycles. The van der Waals surface area contributed by atoms with E-state index in [4.69, 9.17) is 4.74 Å². The van der Waals surface area contributed by atoms with Gasteiger partial charge >= 0.3 is 5.97 Å². The van der Waals surface area contributed by atoms with Crippen LogP contribution >= 0.6 is 0 Å². The predicted molar refractivity (Wildman–Crippen MR) is 82.8 cm³/mol. The largest absolute Gasteiger partial charge is 0.495 e. The molecule has 0 aliphatic heterocycles. The Morgan fingerprint density at radius 1 is 1.14 bits per heavy atom. The number of aryl methyl sites for hydroxylation is 1. The number of benzene rings is 2. The van der Waals surface area contributed by atoms with Gasteiger partial charge in [-0.25, -0.2) is 4.79 Å². The number of methoxy groups -OCH3 is 1. The molecule has 2 aromatic rings. The van der Waals surface area contributed by atoms with Gasteiger partial charge in [-0.1, -0.05) is 36.4 Å². The van der Waals surface area contributed by atoms with Crippen LogP contribution in [-0.4, -0.2) is 18.2 Å². The molecule has 0 radical (unpaired) electrons. The Morgan fingerprint density at radius 2 is 1.76 bits per heavy atom. The van der Waals surface area contributed by atoms with Gasteiger partial charge in [-0.2, -0.15) is 0 Å². The molecule has 0 spiro atoms. The summed E-state index contributed by atoms with van der Waals surface area (Å²) in [7, 11) is 1.56. The summed E-state index contributed by atoms with van der Waals surface area (Å²) >= 11 is 0. The third-order valence-electron chi connectivity index (χ3n) is 3.60. The van der Waals surface area contributed by atoms with Crippen LogP contribution in [0, 0.1) is 6.92 Å². The van der Waals surface area contributed by atoms with Crippen molar-refractivity contribution in [3.8, 4) is 5.75 Å². The highest BCUT2D eigenvalue weighted by Crippen LogP contribution is 2.33. The number of carbonyl (C=O) groups is 1. The van der Waals surface area contributed by atoms with Gasteiger partial charge in [0.25, 0.3) is 0 Å². The molecule has 0 saturated heterocycles. The van der Waals surface area contributed by atoms with E-state index in [-0.39, 0.29) is 0 Å². The Kier molecular flexibility index (Phi) is 4.17. The summed E-state index contributed by atoms with van der Waals surface area (Å²) in [5, 5.41) is 12.8. The van der Waals surface area contributed by atoms with Crippen LogP contribution in [0.2, 0.25) is 0 Å². The van der Waals surface area contributed by atoms with Gasteiger partial charge in [-0.15, -0.1) is 0 Å². The van der Waals surface area contributed by atoms with E-state index >= 15 is 0 Å². The standard InChI is InChI=1S/C17H19NO3/c1-12-8-4-5-9-13(12)17(2,16(19)20)18-14-10-6-7-11-15(14)21-3/h4-11,18H,1-3H3,(H,19,20). The zero-order chi connectivity index (χ0) is 15.5. The van der Waals surface area contributed by atoms with Crippen LogP contribution in [0.5, 0.6) is 5.75 Å². The van der Waals surface area contributed by atoms with Crippen molar-refractivity contribution in [1.82, 2.24) is 0 Å². The first-order chi connectivity index (χ1) is 9.99. The molecule has 110 valence electrons. The number of anilines is 1. The van der Waals surface area contributed by atoms with E-state index in [0.29, 0.717) is 11.4 Å². The van der Waals surface area contributed by atoms with Crippen molar-refractivity contribution in [1.29, 1.82) is 0 Å². The van der Waals surface area contributed by atoms with E-state index in [0.717, 1.165) is 11.1 Å². The summed E-state index contributed by atoms with van der Waals surface area (Å²) in [6.07, 6.45) is 0. The number of carboxylic acids is 1. The molecule has 4 heteroatoms. The fraction of sp³-hybridized carbons (Fsp3) is 0.235. The predicted octanol–water partition coefficient (Wildman–Crippen LogP) is 3.42. The minimum Gasteiger partial charge on any atom is -0.495 e. The van der Waals surface area contributed by atoms with Crippen LogP contribution in [0.15, 0.2) is 48.5 Å². The summed E-state index contributed by atoms with van der Waals surface area (Å²) in [6, 6.07) is 14.7. The number of nitrogens with one attached hydrogen (secondary N) is 1. The van der Waals surface area contributed by atoms with Crippen molar-refractivity contribution in [2.45, 2.75) is 19.4 Å². The molecule has 0 saturated carbocycles. The molecule has 0 amide bonds. The third kappa shape index (κ3) is 2.84. The van der Waals surface area contributed by atoms with Crippen LogP contribution in [0.4, 0.5) is 5.69 Å². The maximum absolute atomic E-state index is 11.9. The maximum Gasteiger partial charge on any atom is 0.333 e. The van der Waals surface area contributed by atoms with E-state index < -0.39 is 11.5 Å².